The lowest BCUT2D eigenvalue weighted by molar-refractivity contribution is 0.415. The fourth-order valence-electron chi connectivity index (χ4n) is 2.73. The van der Waals surface area contributed by atoms with E-state index in [0.717, 1.165) is 5.92 Å². The molecule has 88 valence electrons. The second-order valence-electron chi connectivity index (χ2n) is 4.90. The number of rotatable bonds is 1. The van der Waals surface area contributed by atoms with Gasteiger partial charge in [-0.3, -0.25) is 0 Å². The molecular weight excluding hydrogens is 224 g/mol. The van der Waals surface area contributed by atoms with Crippen molar-refractivity contribution >= 4 is 17.8 Å². The lowest BCUT2D eigenvalue weighted by atomic mass is 9.89. The molecule has 1 heterocycles. The molecule has 0 radical (unpaired) electrons. The Balaban J connectivity index is 1.84. The summed E-state index contributed by atoms with van der Waals surface area (Å²) in [5, 5.41) is 0. The van der Waals surface area contributed by atoms with Crippen LogP contribution in [0.5, 0.6) is 0 Å². The molecule has 17 heavy (non-hydrogen) atoms. The molecule has 0 unspecified atom stereocenters. The standard InChI is InChI=1S/C16H18S/c1-2-7-13(8-3-1)16-12-6-10-14-9-4-5-11-15(14)17-16/h4-6,9-13H,1-3,7-8H2. The van der Waals surface area contributed by atoms with Crippen LogP contribution in [0, 0.1) is 5.92 Å². The van der Waals surface area contributed by atoms with E-state index in [-0.39, 0.29) is 0 Å². The Bertz CT molecular complexity index is 450. The van der Waals surface area contributed by atoms with Crippen molar-refractivity contribution < 1.29 is 0 Å². The highest BCUT2D eigenvalue weighted by atomic mass is 32.2. The smallest absolute Gasteiger partial charge is 0.0191 e. The monoisotopic (exact) mass is 242 g/mol. The number of benzene rings is 1. The van der Waals surface area contributed by atoms with Crippen LogP contribution in [-0.2, 0) is 0 Å². The van der Waals surface area contributed by atoms with Crippen LogP contribution >= 0.6 is 11.8 Å². The summed E-state index contributed by atoms with van der Waals surface area (Å²) >= 11 is 1.98. The van der Waals surface area contributed by atoms with E-state index in [2.05, 4.69) is 42.5 Å². The molecule has 0 atom stereocenters. The Labute approximate surface area is 108 Å². The van der Waals surface area contributed by atoms with Crippen molar-refractivity contribution in [2.24, 2.45) is 5.92 Å². The van der Waals surface area contributed by atoms with Crippen molar-refractivity contribution in [2.45, 2.75) is 37.0 Å². The normalized spacial score (nSPS) is 20.6. The van der Waals surface area contributed by atoms with Gasteiger partial charge in [-0.1, -0.05) is 67.5 Å². The van der Waals surface area contributed by atoms with E-state index in [1.54, 1.807) is 4.91 Å². The van der Waals surface area contributed by atoms with Crippen LogP contribution in [0.1, 0.15) is 37.7 Å². The van der Waals surface area contributed by atoms with Gasteiger partial charge >= 0.3 is 0 Å². The molecule has 3 rings (SSSR count). The molecule has 1 aliphatic carbocycles. The van der Waals surface area contributed by atoms with Crippen molar-refractivity contribution in [1.29, 1.82) is 0 Å². The van der Waals surface area contributed by atoms with Gasteiger partial charge in [-0.2, -0.15) is 0 Å². The van der Waals surface area contributed by atoms with E-state index in [0.29, 0.717) is 0 Å². The summed E-state index contributed by atoms with van der Waals surface area (Å²) in [5.74, 6) is 0.810. The third-order valence-electron chi connectivity index (χ3n) is 3.69. The third kappa shape index (κ3) is 2.50. The van der Waals surface area contributed by atoms with E-state index in [1.807, 2.05) is 11.8 Å². The predicted molar refractivity (Wildman–Crippen MR) is 76.0 cm³/mol. The minimum atomic E-state index is 0.810. The maximum atomic E-state index is 2.33. The first-order valence-corrected chi connectivity index (χ1v) is 7.40. The molecule has 0 saturated heterocycles. The van der Waals surface area contributed by atoms with Crippen molar-refractivity contribution in [1.82, 2.24) is 0 Å². The number of allylic oxidation sites excluding steroid dienone is 3. The second-order valence-corrected chi connectivity index (χ2v) is 6.02. The maximum absolute atomic E-state index is 2.33. The Kier molecular flexibility index (Phi) is 3.37. The van der Waals surface area contributed by atoms with Gasteiger partial charge in [-0.15, -0.1) is 0 Å². The van der Waals surface area contributed by atoms with Crippen LogP contribution in [0.4, 0.5) is 0 Å². The van der Waals surface area contributed by atoms with Crippen LogP contribution in [0.2, 0.25) is 0 Å². The molecule has 0 spiro atoms. The number of hydrogen-bond acceptors (Lipinski definition) is 1. The fraction of sp³-hybridized carbons (Fsp3) is 0.375. The summed E-state index contributed by atoms with van der Waals surface area (Å²) in [6, 6.07) is 8.71. The van der Waals surface area contributed by atoms with Gasteiger partial charge in [0.15, 0.2) is 0 Å². The highest BCUT2D eigenvalue weighted by molar-refractivity contribution is 8.03. The number of fused-ring (bicyclic) bond motifs is 1. The molecule has 2 aliphatic rings. The lowest BCUT2D eigenvalue weighted by Gasteiger charge is -2.23. The van der Waals surface area contributed by atoms with Gasteiger partial charge < -0.3 is 0 Å². The molecule has 0 bridgehead atoms. The first-order valence-electron chi connectivity index (χ1n) is 6.58. The Morgan fingerprint density at radius 3 is 2.71 bits per heavy atom. The molecule has 1 fully saturated rings. The molecule has 0 nitrogen and oxygen atoms in total. The average molecular weight is 242 g/mol. The van der Waals surface area contributed by atoms with E-state index in [9.17, 15) is 0 Å². The van der Waals surface area contributed by atoms with E-state index in [4.69, 9.17) is 0 Å². The second kappa shape index (κ2) is 5.14. The minimum Gasteiger partial charge on any atom is -0.0936 e. The maximum Gasteiger partial charge on any atom is 0.0191 e. The molecule has 1 aromatic carbocycles. The molecular formula is C16H18S. The van der Waals surface area contributed by atoms with Gasteiger partial charge in [0, 0.05) is 4.90 Å². The first-order chi connectivity index (χ1) is 8.43. The molecule has 0 aromatic heterocycles. The van der Waals surface area contributed by atoms with Gasteiger partial charge in [-0.25, -0.2) is 0 Å². The molecule has 1 saturated carbocycles. The summed E-state index contributed by atoms with van der Waals surface area (Å²) in [5.41, 5.74) is 1.36. The SMILES string of the molecule is C1=Cc2ccccc2SC(C2CCCCC2)=C1. The van der Waals surface area contributed by atoms with Crippen LogP contribution in [-0.4, -0.2) is 0 Å². The number of hydrogen-bond donors (Lipinski definition) is 0. The lowest BCUT2D eigenvalue weighted by Crippen LogP contribution is -2.07. The van der Waals surface area contributed by atoms with Crippen LogP contribution in [0.3, 0.4) is 0 Å². The average Bonchev–Trinajstić information content (AvgIpc) is 2.62. The third-order valence-corrected chi connectivity index (χ3v) is 4.99. The molecule has 1 aliphatic heterocycles. The van der Waals surface area contributed by atoms with Gasteiger partial charge in [0.05, 0.1) is 0 Å². The van der Waals surface area contributed by atoms with Crippen molar-refractivity contribution in [2.75, 3.05) is 0 Å². The highest BCUT2D eigenvalue weighted by Gasteiger charge is 2.19. The number of thioether (sulfide) groups is 1. The van der Waals surface area contributed by atoms with Crippen molar-refractivity contribution in [3.63, 3.8) is 0 Å². The zero-order valence-corrected chi connectivity index (χ0v) is 10.9. The molecule has 0 N–H and O–H groups in total. The summed E-state index contributed by atoms with van der Waals surface area (Å²) in [7, 11) is 0. The summed E-state index contributed by atoms with van der Waals surface area (Å²) in [6.45, 7) is 0. The first kappa shape index (κ1) is 11.2. The van der Waals surface area contributed by atoms with E-state index in [1.165, 1.54) is 42.6 Å². The quantitative estimate of drug-likeness (QED) is 0.646. The van der Waals surface area contributed by atoms with Gasteiger partial charge in [0.2, 0.25) is 0 Å². The zero-order chi connectivity index (χ0) is 11.5. The largest absolute Gasteiger partial charge is 0.0936 e. The summed E-state index contributed by atoms with van der Waals surface area (Å²) < 4.78 is 0. The predicted octanol–water partition coefficient (Wildman–Crippen LogP) is 5.27. The Morgan fingerprint density at radius 2 is 1.82 bits per heavy atom. The molecule has 1 aromatic rings. The minimum absolute atomic E-state index is 0.810. The fourth-order valence-corrected chi connectivity index (χ4v) is 3.93. The topological polar surface area (TPSA) is 0 Å². The van der Waals surface area contributed by atoms with Crippen LogP contribution in [0.25, 0.3) is 6.08 Å². The van der Waals surface area contributed by atoms with Gasteiger partial charge in [0.1, 0.15) is 0 Å². The van der Waals surface area contributed by atoms with Crippen LogP contribution in [0.15, 0.2) is 46.2 Å². The molecule has 0 amide bonds. The summed E-state index contributed by atoms with van der Waals surface area (Å²) in [6.07, 6.45) is 13.8. The van der Waals surface area contributed by atoms with Gasteiger partial charge in [0.25, 0.3) is 0 Å². The van der Waals surface area contributed by atoms with E-state index >= 15 is 0 Å². The Hall–Kier alpha value is -0.950. The molecule has 1 heteroatoms. The van der Waals surface area contributed by atoms with Crippen molar-refractivity contribution in [3.8, 4) is 0 Å². The Morgan fingerprint density at radius 1 is 1.00 bits per heavy atom. The summed E-state index contributed by atoms with van der Waals surface area (Å²) in [4.78, 5) is 2.99. The highest BCUT2D eigenvalue weighted by Crippen LogP contribution is 2.41. The van der Waals surface area contributed by atoms with Crippen molar-refractivity contribution in [3.05, 3.63) is 46.9 Å². The zero-order valence-electron chi connectivity index (χ0n) is 10.1. The van der Waals surface area contributed by atoms with Gasteiger partial charge in [-0.05, 0) is 35.3 Å². The van der Waals surface area contributed by atoms with E-state index < -0.39 is 0 Å². The van der Waals surface area contributed by atoms with Crippen LogP contribution < -0.4 is 0 Å².